The van der Waals surface area contributed by atoms with Crippen LogP contribution in [0.5, 0.6) is 5.88 Å². The summed E-state index contributed by atoms with van der Waals surface area (Å²) in [6.07, 6.45) is 6.69. The first kappa shape index (κ1) is 20.4. The predicted octanol–water partition coefficient (Wildman–Crippen LogP) is 1.61. The van der Waals surface area contributed by atoms with Gasteiger partial charge < -0.3 is 19.9 Å². The minimum atomic E-state index is 0.0108. The molecular weight excluding hydrogens is 358 g/mol. The number of nitrogens with one attached hydrogen (secondary N) is 1. The van der Waals surface area contributed by atoms with E-state index in [9.17, 15) is 9.59 Å². The highest BCUT2D eigenvalue weighted by molar-refractivity contribution is 5.81. The van der Waals surface area contributed by atoms with E-state index in [2.05, 4.69) is 20.2 Å². The van der Waals surface area contributed by atoms with Crippen molar-refractivity contribution >= 4 is 17.8 Å². The Morgan fingerprint density at radius 1 is 1.21 bits per heavy atom. The Hall–Kier alpha value is -2.38. The van der Waals surface area contributed by atoms with Gasteiger partial charge in [-0.3, -0.25) is 9.59 Å². The highest BCUT2D eigenvalue weighted by atomic mass is 16.5. The lowest BCUT2D eigenvalue weighted by Crippen LogP contribution is -2.50. The smallest absolute Gasteiger partial charge is 0.228 e. The number of carbonyl (C=O) groups is 2. The molecule has 2 fully saturated rings. The molecule has 1 aromatic heterocycles. The molecule has 8 nitrogen and oxygen atoms in total. The Kier molecular flexibility index (Phi) is 7.06. The van der Waals surface area contributed by atoms with Crippen LogP contribution < -0.4 is 15.0 Å². The Balaban J connectivity index is 1.57. The number of piperidine rings is 2. The van der Waals surface area contributed by atoms with Crippen molar-refractivity contribution in [3.63, 3.8) is 0 Å². The van der Waals surface area contributed by atoms with Gasteiger partial charge in [-0.2, -0.15) is 4.98 Å². The van der Waals surface area contributed by atoms with Gasteiger partial charge in [-0.1, -0.05) is 0 Å². The zero-order valence-corrected chi connectivity index (χ0v) is 16.9. The number of nitrogens with zero attached hydrogens (tertiary/aromatic N) is 4. The lowest BCUT2D eigenvalue weighted by atomic mass is 9.91. The number of carbonyl (C=O) groups excluding carboxylic acids is 2. The summed E-state index contributed by atoms with van der Waals surface area (Å²) in [6, 6.07) is 1.76. The van der Waals surface area contributed by atoms with Crippen LogP contribution in [0.2, 0.25) is 0 Å². The lowest BCUT2D eigenvalue weighted by molar-refractivity contribution is -0.141. The van der Waals surface area contributed by atoms with Crippen molar-refractivity contribution < 1.29 is 14.3 Å². The summed E-state index contributed by atoms with van der Waals surface area (Å²) in [5, 5.41) is 2.86. The van der Waals surface area contributed by atoms with Gasteiger partial charge in [-0.15, -0.1) is 0 Å². The number of anilines is 1. The van der Waals surface area contributed by atoms with E-state index in [1.807, 2.05) is 11.8 Å². The van der Waals surface area contributed by atoms with Gasteiger partial charge in [0.1, 0.15) is 0 Å². The van der Waals surface area contributed by atoms with Gasteiger partial charge in [-0.05, 0) is 39.0 Å². The molecule has 0 bridgehead atoms. The summed E-state index contributed by atoms with van der Waals surface area (Å²) in [4.78, 5) is 38.0. The Morgan fingerprint density at radius 2 is 2.00 bits per heavy atom. The highest BCUT2D eigenvalue weighted by Gasteiger charge is 2.34. The maximum absolute atomic E-state index is 13.2. The third kappa shape index (κ3) is 4.91. The Bertz CT molecular complexity index is 676. The second-order valence-electron chi connectivity index (χ2n) is 7.50. The van der Waals surface area contributed by atoms with E-state index < -0.39 is 0 Å². The van der Waals surface area contributed by atoms with E-state index in [-0.39, 0.29) is 23.8 Å². The molecule has 0 aromatic carbocycles. The molecule has 28 heavy (non-hydrogen) atoms. The molecule has 0 radical (unpaired) electrons. The molecule has 2 aliphatic rings. The first-order chi connectivity index (χ1) is 13.6. The second-order valence-corrected chi connectivity index (χ2v) is 7.50. The molecule has 0 aliphatic carbocycles. The van der Waals surface area contributed by atoms with Crippen LogP contribution in [0.1, 0.15) is 45.4 Å². The first-order valence-corrected chi connectivity index (χ1v) is 10.3. The van der Waals surface area contributed by atoms with Crippen LogP contribution in [0.15, 0.2) is 12.3 Å². The van der Waals surface area contributed by atoms with Gasteiger partial charge in [0.25, 0.3) is 0 Å². The fourth-order valence-electron chi connectivity index (χ4n) is 4.15. The average molecular weight is 390 g/mol. The maximum Gasteiger partial charge on any atom is 0.228 e. The van der Waals surface area contributed by atoms with E-state index in [0.29, 0.717) is 24.8 Å². The van der Waals surface area contributed by atoms with E-state index in [1.165, 1.54) is 0 Å². The molecule has 3 rings (SSSR count). The number of aromatic nitrogens is 2. The molecule has 8 heteroatoms. The summed E-state index contributed by atoms with van der Waals surface area (Å²) in [5.41, 5.74) is 0. The molecule has 2 saturated heterocycles. The monoisotopic (exact) mass is 389 g/mol. The Labute approximate surface area is 166 Å². The fraction of sp³-hybridized carbons (Fsp3) is 0.700. The first-order valence-electron chi connectivity index (χ1n) is 10.3. The number of methoxy groups -OCH3 is 1. The van der Waals surface area contributed by atoms with Crippen molar-refractivity contribution in [2.75, 3.05) is 38.2 Å². The van der Waals surface area contributed by atoms with Crippen LogP contribution in [0, 0.1) is 5.92 Å². The summed E-state index contributed by atoms with van der Waals surface area (Å²) in [7, 11) is 1.59. The highest BCUT2D eigenvalue weighted by Crippen LogP contribution is 2.27. The van der Waals surface area contributed by atoms with Gasteiger partial charge >= 0.3 is 0 Å². The number of ether oxygens (including phenoxy) is 1. The van der Waals surface area contributed by atoms with Crippen LogP contribution in [0.3, 0.4) is 0 Å². The van der Waals surface area contributed by atoms with Crippen molar-refractivity contribution in [3.05, 3.63) is 12.3 Å². The van der Waals surface area contributed by atoms with Gasteiger partial charge in [0.15, 0.2) is 0 Å². The topological polar surface area (TPSA) is 87.7 Å². The fourth-order valence-corrected chi connectivity index (χ4v) is 4.15. The molecule has 3 heterocycles. The third-order valence-corrected chi connectivity index (χ3v) is 5.66. The largest absolute Gasteiger partial charge is 0.481 e. The van der Waals surface area contributed by atoms with E-state index >= 15 is 0 Å². The minimum Gasteiger partial charge on any atom is -0.481 e. The summed E-state index contributed by atoms with van der Waals surface area (Å²) < 4.78 is 5.17. The van der Waals surface area contributed by atoms with E-state index in [4.69, 9.17) is 4.74 Å². The standard InChI is InChI=1S/C20H31N5O3/c1-3-21-17(26)14-16-6-4-5-11-25(16)19(27)15-8-12-24(13-9-15)20-22-10-7-18(23-20)28-2/h7,10,15-16H,3-6,8-9,11-14H2,1-2H3,(H,21,26). The number of rotatable bonds is 6. The normalized spacial score (nSPS) is 20.7. The zero-order chi connectivity index (χ0) is 19.9. The van der Waals surface area contributed by atoms with E-state index in [1.54, 1.807) is 19.4 Å². The molecule has 154 valence electrons. The molecule has 1 unspecified atom stereocenters. The number of likely N-dealkylation sites (tertiary alicyclic amines) is 1. The molecule has 0 spiro atoms. The Morgan fingerprint density at radius 3 is 2.71 bits per heavy atom. The SMILES string of the molecule is CCNC(=O)CC1CCCCN1C(=O)C1CCN(c2nccc(OC)n2)CC1. The average Bonchev–Trinajstić information content (AvgIpc) is 2.74. The zero-order valence-electron chi connectivity index (χ0n) is 16.9. The van der Waals surface area contributed by atoms with Crippen LogP contribution >= 0.6 is 0 Å². The molecule has 1 atom stereocenters. The van der Waals surface area contributed by atoms with Crippen LogP contribution in [0.4, 0.5) is 5.95 Å². The third-order valence-electron chi connectivity index (χ3n) is 5.66. The van der Waals surface area contributed by atoms with Gasteiger partial charge in [0.05, 0.1) is 7.11 Å². The van der Waals surface area contributed by atoms with Gasteiger partial charge in [0.2, 0.25) is 23.6 Å². The summed E-state index contributed by atoms with van der Waals surface area (Å²) >= 11 is 0. The lowest BCUT2D eigenvalue weighted by Gasteiger charge is -2.40. The molecule has 1 N–H and O–H groups in total. The summed E-state index contributed by atoms with van der Waals surface area (Å²) in [5.74, 6) is 1.45. The molecule has 2 amide bonds. The van der Waals surface area contributed by atoms with Crippen molar-refractivity contribution in [3.8, 4) is 5.88 Å². The minimum absolute atomic E-state index is 0.0108. The van der Waals surface area contributed by atoms with Crippen molar-refractivity contribution in [2.24, 2.45) is 5.92 Å². The molecule has 2 aliphatic heterocycles. The number of amides is 2. The number of hydrogen-bond donors (Lipinski definition) is 1. The van der Waals surface area contributed by atoms with Crippen molar-refractivity contribution in [1.29, 1.82) is 0 Å². The predicted molar refractivity (Wildman–Crippen MR) is 106 cm³/mol. The van der Waals surface area contributed by atoms with Crippen molar-refractivity contribution in [1.82, 2.24) is 20.2 Å². The van der Waals surface area contributed by atoms with E-state index in [0.717, 1.165) is 51.7 Å². The van der Waals surface area contributed by atoms with Gasteiger partial charge in [-0.25, -0.2) is 4.98 Å². The van der Waals surface area contributed by atoms with Crippen LogP contribution in [-0.4, -0.2) is 66.0 Å². The quantitative estimate of drug-likeness (QED) is 0.795. The maximum atomic E-state index is 13.2. The molecule has 0 saturated carbocycles. The van der Waals surface area contributed by atoms with Crippen LogP contribution in [-0.2, 0) is 9.59 Å². The number of hydrogen-bond acceptors (Lipinski definition) is 6. The second kappa shape index (κ2) is 9.71. The summed E-state index contributed by atoms with van der Waals surface area (Å²) in [6.45, 7) is 4.81. The van der Waals surface area contributed by atoms with Crippen molar-refractivity contribution in [2.45, 2.75) is 51.5 Å². The van der Waals surface area contributed by atoms with Gasteiger partial charge in [0, 0.05) is 56.8 Å². The molecule has 1 aromatic rings. The molecular formula is C20H31N5O3. The van der Waals surface area contributed by atoms with Crippen LogP contribution in [0.25, 0.3) is 0 Å².